The van der Waals surface area contributed by atoms with E-state index in [0.717, 1.165) is 0 Å². The van der Waals surface area contributed by atoms with E-state index in [1.54, 1.807) is 7.11 Å². The van der Waals surface area contributed by atoms with Crippen molar-refractivity contribution in [3.63, 3.8) is 0 Å². The van der Waals surface area contributed by atoms with Gasteiger partial charge in [-0.25, -0.2) is 0 Å². The first kappa shape index (κ1) is 5.09. The second-order valence-corrected chi connectivity index (χ2v) is 1.19. The van der Waals surface area contributed by atoms with Gasteiger partial charge in [-0.2, -0.15) is 0 Å². The van der Waals surface area contributed by atoms with Gasteiger partial charge in [0, 0.05) is 12.1 Å². The number of hydrogen-bond acceptors (Lipinski definition) is 2. The smallest absolute Gasteiger partial charge is 0.145 e. The quantitative estimate of drug-likeness (QED) is 0.519. The predicted molar refractivity (Wildman–Crippen MR) is 27.3 cm³/mol. The van der Waals surface area contributed by atoms with Crippen molar-refractivity contribution in [3.8, 4) is 5.75 Å². The van der Waals surface area contributed by atoms with Gasteiger partial charge in [0.15, 0.2) is 0 Å². The average Bonchev–Trinajstić information content (AvgIpc) is 1.90. The average molecular weight is 106 g/mol. The largest absolute Gasteiger partial charge is 0.494 e. The number of pyridine rings is 1. The number of ether oxygens (including phenoxy) is 1. The zero-order valence-corrected chi connectivity index (χ0v) is 4.43. The van der Waals surface area contributed by atoms with E-state index < -0.39 is 0 Å². The van der Waals surface area contributed by atoms with E-state index in [0.29, 0.717) is 5.75 Å². The summed E-state index contributed by atoms with van der Waals surface area (Å²) >= 11 is 0. The SMILES string of the molecule is COc1[c][c][c]nc1. The Hall–Kier alpha value is -1.05. The second kappa shape index (κ2) is 2.31. The fourth-order valence-corrected chi connectivity index (χ4v) is 0.349. The fraction of sp³-hybridized carbons (Fsp3) is 0.167. The number of hydrogen-bond donors (Lipinski definition) is 0. The van der Waals surface area contributed by atoms with Gasteiger partial charge in [-0.1, -0.05) is 0 Å². The minimum Gasteiger partial charge on any atom is -0.494 e. The molecule has 0 spiro atoms. The molecule has 1 rings (SSSR count). The van der Waals surface area contributed by atoms with E-state index in [1.165, 1.54) is 6.20 Å². The Labute approximate surface area is 48.1 Å². The van der Waals surface area contributed by atoms with Crippen molar-refractivity contribution in [2.45, 2.75) is 0 Å². The van der Waals surface area contributed by atoms with Gasteiger partial charge in [0.05, 0.1) is 19.5 Å². The van der Waals surface area contributed by atoms with Gasteiger partial charge in [0.1, 0.15) is 5.75 Å². The fourth-order valence-electron chi connectivity index (χ4n) is 0.349. The maximum Gasteiger partial charge on any atom is 0.145 e. The monoisotopic (exact) mass is 106 g/mol. The van der Waals surface area contributed by atoms with Crippen LogP contribution in [0.2, 0.25) is 0 Å². The van der Waals surface area contributed by atoms with Crippen LogP contribution in [0.25, 0.3) is 0 Å². The van der Waals surface area contributed by atoms with Crippen LogP contribution in [0.4, 0.5) is 0 Å². The Morgan fingerprint density at radius 2 is 2.62 bits per heavy atom. The van der Waals surface area contributed by atoms with Crippen molar-refractivity contribution in [1.82, 2.24) is 4.98 Å². The van der Waals surface area contributed by atoms with Gasteiger partial charge in [-0.05, 0) is 0 Å². The maximum absolute atomic E-state index is 4.74. The Morgan fingerprint density at radius 3 is 3.00 bits per heavy atom. The highest BCUT2D eigenvalue weighted by Crippen LogP contribution is 2.00. The molecule has 0 aliphatic heterocycles. The van der Waals surface area contributed by atoms with Crippen molar-refractivity contribution in [1.29, 1.82) is 0 Å². The van der Waals surface area contributed by atoms with Crippen LogP contribution < -0.4 is 4.74 Å². The lowest BCUT2D eigenvalue weighted by Crippen LogP contribution is -1.81. The van der Waals surface area contributed by atoms with E-state index in [-0.39, 0.29) is 0 Å². The molecule has 8 heavy (non-hydrogen) atoms. The molecule has 0 unspecified atom stereocenters. The molecule has 0 bridgehead atoms. The summed E-state index contributed by atoms with van der Waals surface area (Å²) in [5, 5.41) is 0. The molecule has 3 radical (unpaired) electrons. The molecule has 1 heterocycles. The molecular weight excluding hydrogens is 102 g/mol. The lowest BCUT2D eigenvalue weighted by atomic mass is 10.5. The Kier molecular flexibility index (Phi) is 1.47. The van der Waals surface area contributed by atoms with Gasteiger partial charge in [-0.15, -0.1) is 0 Å². The van der Waals surface area contributed by atoms with E-state index >= 15 is 0 Å². The Morgan fingerprint density at radius 1 is 1.75 bits per heavy atom. The van der Waals surface area contributed by atoms with Crippen LogP contribution in [0, 0.1) is 18.3 Å². The topological polar surface area (TPSA) is 22.1 Å². The summed E-state index contributed by atoms with van der Waals surface area (Å²) in [5.41, 5.74) is 0. The highest BCUT2D eigenvalue weighted by Gasteiger charge is 1.83. The molecule has 0 aliphatic rings. The summed E-state index contributed by atoms with van der Waals surface area (Å²) in [6.45, 7) is 0. The highest BCUT2D eigenvalue weighted by molar-refractivity contribution is 5.11. The highest BCUT2D eigenvalue weighted by atomic mass is 16.5. The molecule has 0 aromatic carbocycles. The predicted octanol–water partition coefficient (Wildman–Crippen LogP) is 0.491. The van der Waals surface area contributed by atoms with Crippen molar-refractivity contribution in [3.05, 3.63) is 24.5 Å². The second-order valence-electron chi connectivity index (χ2n) is 1.19. The summed E-state index contributed by atoms with van der Waals surface area (Å²) in [7, 11) is 1.56. The molecule has 0 saturated carbocycles. The molecule has 0 saturated heterocycles. The summed E-state index contributed by atoms with van der Waals surface area (Å²) < 4.78 is 4.74. The van der Waals surface area contributed by atoms with E-state index in [4.69, 9.17) is 4.74 Å². The van der Waals surface area contributed by atoms with Crippen LogP contribution in [0.5, 0.6) is 5.75 Å². The molecular formula is C6H4NO. The summed E-state index contributed by atoms with van der Waals surface area (Å²) in [5.74, 6) is 0.587. The molecule has 2 nitrogen and oxygen atoms in total. The van der Waals surface area contributed by atoms with Gasteiger partial charge in [0.2, 0.25) is 0 Å². The number of nitrogens with zero attached hydrogens (tertiary/aromatic N) is 1. The van der Waals surface area contributed by atoms with Crippen LogP contribution in [-0.2, 0) is 0 Å². The lowest BCUT2D eigenvalue weighted by Gasteiger charge is -1.91. The van der Waals surface area contributed by atoms with Gasteiger partial charge < -0.3 is 4.74 Å². The van der Waals surface area contributed by atoms with Crippen molar-refractivity contribution in [2.24, 2.45) is 0 Å². The first-order chi connectivity index (χ1) is 3.93. The van der Waals surface area contributed by atoms with Gasteiger partial charge >= 0.3 is 0 Å². The lowest BCUT2D eigenvalue weighted by molar-refractivity contribution is 0.412. The number of aromatic nitrogens is 1. The van der Waals surface area contributed by atoms with Crippen LogP contribution in [0.15, 0.2) is 6.20 Å². The van der Waals surface area contributed by atoms with Crippen LogP contribution >= 0.6 is 0 Å². The molecule has 1 aromatic heterocycles. The van der Waals surface area contributed by atoms with Gasteiger partial charge in [-0.3, -0.25) is 4.98 Å². The summed E-state index contributed by atoms with van der Waals surface area (Å²) in [6, 6.07) is 5.18. The van der Waals surface area contributed by atoms with Crippen LogP contribution in [-0.4, -0.2) is 12.1 Å². The van der Waals surface area contributed by atoms with Crippen LogP contribution in [0.1, 0.15) is 0 Å². The Bertz CT molecular complexity index is 150. The minimum atomic E-state index is 0.587. The van der Waals surface area contributed by atoms with E-state index in [9.17, 15) is 0 Å². The minimum absolute atomic E-state index is 0.587. The molecule has 0 N–H and O–H groups in total. The number of methoxy groups -OCH3 is 1. The molecule has 0 atom stereocenters. The third-order valence-corrected chi connectivity index (χ3v) is 0.708. The molecule has 2 heteroatoms. The van der Waals surface area contributed by atoms with E-state index in [2.05, 4.69) is 23.3 Å². The van der Waals surface area contributed by atoms with Crippen molar-refractivity contribution < 1.29 is 4.74 Å². The normalized spacial score (nSPS) is 8.62. The maximum atomic E-state index is 4.74. The molecule has 39 valence electrons. The molecule has 1 aromatic rings. The van der Waals surface area contributed by atoms with E-state index in [1.807, 2.05) is 0 Å². The van der Waals surface area contributed by atoms with Crippen molar-refractivity contribution in [2.75, 3.05) is 7.11 Å². The van der Waals surface area contributed by atoms with Gasteiger partial charge in [0.25, 0.3) is 0 Å². The molecule has 0 aliphatic carbocycles. The third kappa shape index (κ3) is 0.964. The van der Waals surface area contributed by atoms with Crippen LogP contribution in [0.3, 0.4) is 0 Å². The zero-order chi connectivity index (χ0) is 5.82. The molecule has 0 amide bonds. The third-order valence-electron chi connectivity index (χ3n) is 0.708. The first-order valence-electron chi connectivity index (χ1n) is 2.13. The first-order valence-corrected chi connectivity index (χ1v) is 2.13. The number of rotatable bonds is 1. The standard InChI is InChI=1S/C6H4NO/c1-8-6-3-2-4-7-5-6/h5H,1H3. The zero-order valence-electron chi connectivity index (χ0n) is 4.43. The summed E-state index contributed by atoms with van der Waals surface area (Å²) in [4.78, 5) is 3.62. The van der Waals surface area contributed by atoms with Crippen molar-refractivity contribution >= 4 is 0 Å². The summed E-state index contributed by atoms with van der Waals surface area (Å²) in [6.07, 6.45) is 3.98. The molecule has 0 fully saturated rings. The Balaban J connectivity index is 2.83.